The van der Waals surface area contributed by atoms with Crippen molar-refractivity contribution < 1.29 is 9.53 Å². The van der Waals surface area contributed by atoms with Crippen LogP contribution in [0, 0.1) is 5.92 Å². The van der Waals surface area contributed by atoms with E-state index in [1.807, 2.05) is 31.2 Å². The highest BCUT2D eigenvalue weighted by atomic mass is 35.5. The number of halogens is 1. The molecule has 1 amide bonds. The van der Waals surface area contributed by atoms with Gasteiger partial charge >= 0.3 is 0 Å². The molecule has 2 unspecified atom stereocenters. The average molecular weight is 339 g/mol. The molecule has 4 nitrogen and oxygen atoms in total. The molecule has 1 aromatic carbocycles. The van der Waals surface area contributed by atoms with E-state index in [-0.39, 0.29) is 18.1 Å². The third kappa shape index (κ3) is 5.79. The summed E-state index contributed by atoms with van der Waals surface area (Å²) in [5.41, 5.74) is 1.02. The van der Waals surface area contributed by atoms with Gasteiger partial charge in [-0.1, -0.05) is 23.7 Å². The van der Waals surface area contributed by atoms with E-state index in [9.17, 15) is 4.79 Å². The van der Waals surface area contributed by atoms with Gasteiger partial charge in [0.15, 0.2) is 0 Å². The topological polar surface area (TPSA) is 50.4 Å². The number of piperidine rings is 1. The van der Waals surface area contributed by atoms with Gasteiger partial charge < -0.3 is 15.4 Å². The fraction of sp³-hybridized carbons (Fsp3) is 0.611. The standard InChI is InChI=1S/C18H27ClN2O2/c1-13(18(23-2)15-4-6-16(19)7-5-15)21-17(22)8-3-14-9-11-20-12-10-14/h4-7,13-14,18,20H,3,8-12H2,1-2H3,(H,21,22). The fourth-order valence-corrected chi connectivity index (χ4v) is 3.31. The molecule has 1 saturated heterocycles. The number of hydrogen-bond acceptors (Lipinski definition) is 3. The van der Waals surface area contributed by atoms with Gasteiger partial charge in [-0.05, 0) is 62.9 Å². The number of carbonyl (C=O) groups excluding carboxylic acids is 1. The van der Waals surface area contributed by atoms with Crippen molar-refractivity contribution in [3.05, 3.63) is 34.9 Å². The minimum Gasteiger partial charge on any atom is -0.375 e. The van der Waals surface area contributed by atoms with Gasteiger partial charge in [0, 0.05) is 18.6 Å². The number of ether oxygens (including phenoxy) is 1. The van der Waals surface area contributed by atoms with E-state index >= 15 is 0 Å². The number of nitrogens with one attached hydrogen (secondary N) is 2. The van der Waals surface area contributed by atoms with E-state index in [0.29, 0.717) is 17.4 Å². The first-order valence-corrected chi connectivity index (χ1v) is 8.76. The Morgan fingerprint density at radius 2 is 2.00 bits per heavy atom. The second-order valence-electron chi connectivity index (χ2n) is 6.30. The smallest absolute Gasteiger partial charge is 0.220 e. The summed E-state index contributed by atoms with van der Waals surface area (Å²) in [6.07, 6.45) is 3.74. The third-order valence-electron chi connectivity index (χ3n) is 4.53. The molecule has 128 valence electrons. The molecule has 23 heavy (non-hydrogen) atoms. The van der Waals surface area contributed by atoms with Crippen LogP contribution in [-0.2, 0) is 9.53 Å². The maximum atomic E-state index is 12.2. The van der Waals surface area contributed by atoms with E-state index in [2.05, 4.69) is 10.6 Å². The Hall–Kier alpha value is -1.10. The molecule has 0 aliphatic carbocycles. The zero-order chi connectivity index (χ0) is 16.7. The SMILES string of the molecule is COC(c1ccc(Cl)cc1)C(C)NC(=O)CCC1CCNCC1. The Morgan fingerprint density at radius 1 is 1.35 bits per heavy atom. The molecule has 1 aliphatic rings. The lowest BCUT2D eigenvalue weighted by Crippen LogP contribution is -2.38. The van der Waals surface area contributed by atoms with Crippen LogP contribution >= 0.6 is 11.6 Å². The summed E-state index contributed by atoms with van der Waals surface area (Å²) in [4.78, 5) is 12.2. The minimum absolute atomic E-state index is 0.0818. The summed E-state index contributed by atoms with van der Waals surface area (Å²) in [6, 6.07) is 7.48. The molecular weight excluding hydrogens is 312 g/mol. The largest absolute Gasteiger partial charge is 0.375 e. The molecule has 1 aromatic rings. The zero-order valence-corrected chi connectivity index (χ0v) is 14.7. The van der Waals surface area contributed by atoms with Crippen molar-refractivity contribution in [1.82, 2.24) is 10.6 Å². The van der Waals surface area contributed by atoms with Crippen LogP contribution in [0.5, 0.6) is 0 Å². The lowest BCUT2D eigenvalue weighted by Gasteiger charge is -2.25. The average Bonchev–Trinajstić information content (AvgIpc) is 2.56. The number of methoxy groups -OCH3 is 1. The number of benzene rings is 1. The molecule has 0 bridgehead atoms. The van der Waals surface area contributed by atoms with Crippen LogP contribution in [0.4, 0.5) is 0 Å². The molecule has 2 rings (SSSR count). The van der Waals surface area contributed by atoms with Crippen molar-refractivity contribution in [2.75, 3.05) is 20.2 Å². The molecule has 2 N–H and O–H groups in total. The summed E-state index contributed by atoms with van der Waals surface area (Å²) < 4.78 is 5.57. The lowest BCUT2D eigenvalue weighted by atomic mass is 9.93. The predicted octanol–water partition coefficient (Wildman–Crippen LogP) is 3.31. The fourth-order valence-electron chi connectivity index (χ4n) is 3.19. The zero-order valence-electron chi connectivity index (χ0n) is 14.0. The highest BCUT2D eigenvalue weighted by Crippen LogP contribution is 2.23. The van der Waals surface area contributed by atoms with Crippen LogP contribution in [0.2, 0.25) is 5.02 Å². The molecule has 1 aliphatic heterocycles. The number of rotatable bonds is 7. The van der Waals surface area contributed by atoms with E-state index in [4.69, 9.17) is 16.3 Å². The van der Waals surface area contributed by atoms with Gasteiger partial charge in [0.25, 0.3) is 0 Å². The molecule has 1 fully saturated rings. The first-order chi connectivity index (χ1) is 11.1. The van der Waals surface area contributed by atoms with E-state index in [1.165, 1.54) is 12.8 Å². The minimum atomic E-state index is -0.171. The number of amides is 1. The highest BCUT2D eigenvalue weighted by Gasteiger charge is 2.21. The van der Waals surface area contributed by atoms with Crippen molar-refractivity contribution in [2.24, 2.45) is 5.92 Å². The van der Waals surface area contributed by atoms with Crippen LogP contribution in [0.15, 0.2) is 24.3 Å². The van der Waals surface area contributed by atoms with E-state index < -0.39 is 0 Å². The Kier molecular flexibility index (Phi) is 7.34. The monoisotopic (exact) mass is 338 g/mol. The third-order valence-corrected chi connectivity index (χ3v) is 4.79. The Bertz CT molecular complexity index is 486. The quantitative estimate of drug-likeness (QED) is 0.802. The summed E-state index contributed by atoms with van der Waals surface area (Å²) in [5.74, 6) is 0.777. The molecule has 0 aromatic heterocycles. The molecule has 0 radical (unpaired) electrons. The van der Waals surface area contributed by atoms with Gasteiger partial charge in [0.05, 0.1) is 6.04 Å². The van der Waals surface area contributed by atoms with Crippen LogP contribution in [-0.4, -0.2) is 32.1 Å². The van der Waals surface area contributed by atoms with Crippen LogP contribution in [0.3, 0.4) is 0 Å². The predicted molar refractivity (Wildman–Crippen MR) is 93.6 cm³/mol. The maximum absolute atomic E-state index is 12.2. The first-order valence-electron chi connectivity index (χ1n) is 8.38. The normalized spacial score (nSPS) is 18.4. The Morgan fingerprint density at radius 3 is 2.61 bits per heavy atom. The van der Waals surface area contributed by atoms with Gasteiger partial charge in [-0.2, -0.15) is 0 Å². The maximum Gasteiger partial charge on any atom is 0.220 e. The molecule has 0 spiro atoms. The Labute approximate surface area is 143 Å². The summed E-state index contributed by atoms with van der Waals surface area (Å²) >= 11 is 5.92. The lowest BCUT2D eigenvalue weighted by molar-refractivity contribution is -0.123. The van der Waals surface area contributed by atoms with Crippen LogP contribution < -0.4 is 10.6 Å². The molecule has 1 heterocycles. The van der Waals surface area contributed by atoms with Crippen molar-refractivity contribution in [3.8, 4) is 0 Å². The molecular formula is C18H27ClN2O2. The molecule has 2 atom stereocenters. The van der Waals surface area contributed by atoms with Crippen molar-refractivity contribution in [2.45, 2.75) is 44.8 Å². The van der Waals surface area contributed by atoms with E-state index in [1.54, 1.807) is 7.11 Å². The summed E-state index contributed by atoms with van der Waals surface area (Å²) in [5, 5.41) is 7.12. The van der Waals surface area contributed by atoms with Gasteiger partial charge in [0.2, 0.25) is 5.91 Å². The van der Waals surface area contributed by atoms with Crippen LogP contribution in [0.25, 0.3) is 0 Å². The highest BCUT2D eigenvalue weighted by molar-refractivity contribution is 6.30. The van der Waals surface area contributed by atoms with Crippen molar-refractivity contribution in [1.29, 1.82) is 0 Å². The number of carbonyl (C=O) groups is 1. The first kappa shape index (κ1) is 18.2. The van der Waals surface area contributed by atoms with Gasteiger partial charge in [-0.15, -0.1) is 0 Å². The van der Waals surface area contributed by atoms with E-state index in [0.717, 1.165) is 25.1 Å². The Balaban J connectivity index is 1.82. The molecule has 0 saturated carbocycles. The summed E-state index contributed by atoms with van der Waals surface area (Å²) in [7, 11) is 1.66. The van der Waals surface area contributed by atoms with Crippen LogP contribution in [0.1, 0.15) is 44.3 Å². The van der Waals surface area contributed by atoms with Crippen molar-refractivity contribution in [3.63, 3.8) is 0 Å². The van der Waals surface area contributed by atoms with Crippen molar-refractivity contribution >= 4 is 17.5 Å². The second kappa shape index (κ2) is 9.26. The van der Waals surface area contributed by atoms with Gasteiger partial charge in [0.1, 0.15) is 6.10 Å². The second-order valence-corrected chi connectivity index (χ2v) is 6.73. The molecule has 5 heteroatoms. The number of hydrogen-bond donors (Lipinski definition) is 2. The van der Waals surface area contributed by atoms with Gasteiger partial charge in [-0.25, -0.2) is 0 Å². The summed E-state index contributed by atoms with van der Waals surface area (Å²) in [6.45, 7) is 4.13. The van der Waals surface area contributed by atoms with Gasteiger partial charge in [-0.3, -0.25) is 4.79 Å².